The lowest BCUT2D eigenvalue weighted by molar-refractivity contribution is 0.939. The quantitative estimate of drug-likeness (QED) is 0.397. The van der Waals surface area contributed by atoms with Crippen molar-refractivity contribution >= 4 is 53.2 Å². The lowest BCUT2D eigenvalue weighted by Crippen LogP contribution is -2.14. The summed E-state index contributed by atoms with van der Waals surface area (Å²) in [5, 5.41) is 6.84. The van der Waals surface area contributed by atoms with Gasteiger partial charge in [-0.15, -0.1) is 0 Å². The summed E-state index contributed by atoms with van der Waals surface area (Å²) in [6.07, 6.45) is 0. The first-order chi connectivity index (χ1) is 12.2. The maximum atomic E-state index is 12.5. The van der Waals surface area contributed by atoms with Crippen molar-refractivity contribution in [2.45, 2.75) is 0 Å². The Morgan fingerprint density at radius 2 is 1.68 bits per heavy atom. The fourth-order valence-corrected chi connectivity index (χ4v) is 4.79. The first-order valence-corrected chi connectivity index (χ1v) is 9.29. The van der Waals surface area contributed by atoms with E-state index in [2.05, 4.69) is 44.2 Å². The predicted octanol–water partition coefficient (Wildman–Crippen LogP) is 4.89. The van der Waals surface area contributed by atoms with Gasteiger partial charge < -0.3 is 0 Å². The zero-order chi connectivity index (χ0) is 17.0. The Morgan fingerprint density at radius 1 is 0.960 bits per heavy atom. The van der Waals surface area contributed by atoms with Crippen molar-refractivity contribution in [3.63, 3.8) is 0 Å². The van der Waals surface area contributed by atoms with E-state index in [-0.39, 0.29) is 5.56 Å². The fraction of sp³-hybridized carbons (Fsp3) is 0. The van der Waals surface area contributed by atoms with Gasteiger partial charge in [-0.05, 0) is 11.5 Å². The molecule has 0 bridgehead atoms. The van der Waals surface area contributed by atoms with Crippen molar-refractivity contribution < 1.29 is 0 Å². The first-order valence-electron chi connectivity index (χ1n) is 7.68. The van der Waals surface area contributed by atoms with Crippen molar-refractivity contribution in [2.24, 2.45) is 0 Å². The molecule has 0 N–H and O–H groups in total. The van der Waals surface area contributed by atoms with Crippen LogP contribution < -0.4 is 5.56 Å². The molecule has 4 nitrogen and oxygen atoms in total. The van der Waals surface area contributed by atoms with Gasteiger partial charge in [-0.25, -0.2) is 4.52 Å². The second-order valence-corrected chi connectivity index (χ2v) is 7.54. The van der Waals surface area contributed by atoms with Gasteiger partial charge in [0.15, 0.2) is 5.69 Å². The van der Waals surface area contributed by atoms with Gasteiger partial charge >= 0.3 is 5.56 Å². The topological polar surface area (TPSA) is 47.3 Å². The molecule has 0 atom stereocenters. The van der Waals surface area contributed by atoms with E-state index in [1.54, 1.807) is 4.52 Å². The zero-order valence-corrected chi connectivity index (χ0v) is 15.2. The maximum Gasteiger partial charge on any atom is 0.300 e. The van der Waals surface area contributed by atoms with Gasteiger partial charge in [0.1, 0.15) is 0 Å². The molecule has 0 aliphatic carbocycles. The third-order valence-electron chi connectivity index (χ3n) is 4.17. The van der Waals surface area contributed by atoms with E-state index < -0.39 is 0 Å². The minimum Gasteiger partial charge on any atom is -0.265 e. The monoisotopic (exact) mass is 407 g/mol. The van der Waals surface area contributed by atoms with Crippen LogP contribution in [0.3, 0.4) is 0 Å². The van der Waals surface area contributed by atoms with Crippen molar-refractivity contribution in [2.75, 3.05) is 0 Å². The molecule has 0 saturated heterocycles. The van der Waals surface area contributed by atoms with Crippen LogP contribution in [0.25, 0.3) is 37.2 Å². The Hall–Kier alpha value is -2.57. The lowest BCUT2D eigenvalue weighted by atomic mass is 10.1. The van der Waals surface area contributed by atoms with Crippen LogP contribution in [-0.4, -0.2) is 14.6 Å². The van der Waals surface area contributed by atoms with E-state index in [0.29, 0.717) is 10.7 Å². The summed E-state index contributed by atoms with van der Waals surface area (Å²) in [6.45, 7) is 0. The van der Waals surface area contributed by atoms with Gasteiger partial charge in [-0.2, -0.15) is 10.1 Å². The summed E-state index contributed by atoms with van der Waals surface area (Å²) in [5.74, 6) is 0. The molecule has 0 radical (unpaired) electrons. The number of nitrogens with zero attached hydrogens (tertiary/aromatic N) is 3. The summed E-state index contributed by atoms with van der Waals surface area (Å²) in [6, 6.07) is 19.7. The maximum absolute atomic E-state index is 12.5. The highest BCUT2D eigenvalue weighted by atomic mass is 79.9. The van der Waals surface area contributed by atoms with E-state index in [1.165, 1.54) is 11.3 Å². The average Bonchev–Trinajstić information content (AvgIpc) is 2.99. The smallest absolute Gasteiger partial charge is 0.265 e. The standard InChI is InChI=1S/C19H10BrN3OS/c20-14-10-15-17(13-9-5-4-8-12(13)14)23-19(25-15)21-18(24)16(22-23)11-6-2-1-3-7-11/h1-10H. The molecule has 0 amide bonds. The normalized spacial score (nSPS) is 11.6. The number of halogens is 1. The van der Waals surface area contributed by atoms with Gasteiger partial charge in [0.05, 0.1) is 10.2 Å². The van der Waals surface area contributed by atoms with E-state index in [4.69, 9.17) is 0 Å². The molecule has 25 heavy (non-hydrogen) atoms. The van der Waals surface area contributed by atoms with Crippen LogP contribution >= 0.6 is 27.3 Å². The molecule has 120 valence electrons. The van der Waals surface area contributed by atoms with E-state index in [1.807, 2.05) is 42.5 Å². The largest absolute Gasteiger partial charge is 0.300 e. The Kier molecular flexibility index (Phi) is 3.23. The van der Waals surface area contributed by atoms with Crippen LogP contribution in [-0.2, 0) is 0 Å². The minimum atomic E-state index is -0.305. The predicted molar refractivity (Wildman–Crippen MR) is 105 cm³/mol. The Balaban J connectivity index is 1.97. The molecule has 5 aromatic rings. The number of fused-ring (bicyclic) bond motifs is 5. The van der Waals surface area contributed by atoms with Crippen LogP contribution in [0, 0.1) is 0 Å². The fourth-order valence-electron chi connectivity index (χ4n) is 3.05. The van der Waals surface area contributed by atoms with E-state index >= 15 is 0 Å². The van der Waals surface area contributed by atoms with Crippen LogP contribution in [0.4, 0.5) is 0 Å². The molecule has 0 aliphatic rings. The van der Waals surface area contributed by atoms with Gasteiger partial charge in [-0.1, -0.05) is 81.9 Å². The van der Waals surface area contributed by atoms with Gasteiger partial charge in [0.2, 0.25) is 4.96 Å². The summed E-state index contributed by atoms with van der Waals surface area (Å²) in [4.78, 5) is 17.3. The SMILES string of the molecule is O=c1nc2sc3cc(Br)c4ccccc4c3n2nc1-c1ccccc1. The number of aromatic nitrogens is 3. The third-order valence-corrected chi connectivity index (χ3v) is 5.81. The Labute approximate surface area is 154 Å². The molecular weight excluding hydrogens is 398 g/mol. The Morgan fingerprint density at radius 3 is 2.48 bits per heavy atom. The first kappa shape index (κ1) is 14.7. The van der Waals surface area contributed by atoms with Crippen LogP contribution in [0.2, 0.25) is 0 Å². The Bertz CT molecular complexity index is 1330. The second kappa shape index (κ2) is 5.47. The van der Waals surface area contributed by atoms with Crippen LogP contribution in [0.1, 0.15) is 0 Å². The van der Waals surface area contributed by atoms with Gasteiger partial charge in [-0.3, -0.25) is 4.79 Å². The van der Waals surface area contributed by atoms with Crippen molar-refractivity contribution in [1.82, 2.24) is 14.6 Å². The van der Waals surface area contributed by atoms with Crippen molar-refractivity contribution in [3.8, 4) is 11.3 Å². The number of rotatable bonds is 1. The molecule has 0 fully saturated rings. The van der Waals surface area contributed by atoms with Crippen molar-refractivity contribution in [3.05, 3.63) is 75.5 Å². The second-order valence-electron chi connectivity index (χ2n) is 5.68. The molecular formula is C19H10BrN3OS. The average molecular weight is 408 g/mol. The molecule has 0 aliphatic heterocycles. The molecule has 0 spiro atoms. The highest BCUT2D eigenvalue weighted by molar-refractivity contribution is 9.10. The summed E-state index contributed by atoms with van der Waals surface area (Å²) < 4.78 is 3.85. The number of thiazole rings is 1. The van der Waals surface area contributed by atoms with E-state index in [0.717, 1.165) is 31.0 Å². The lowest BCUT2D eigenvalue weighted by Gasteiger charge is -2.04. The summed E-state index contributed by atoms with van der Waals surface area (Å²) in [7, 11) is 0. The summed E-state index contributed by atoms with van der Waals surface area (Å²) >= 11 is 5.10. The number of hydrogen-bond donors (Lipinski definition) is 0. The minimum absolute atomic E-state index is 0.305. The van der Waals surface area contributed by atoms with E-state index in [9.17, 15) is 4.79 Å². The summed E-state index contributed by atoms with van der Waals surface area (Å²) in [5.41, 5.74) is 1.81. The molecule has 0 saturated carbocycles. The molecule has 0 unspecified atom stereocenters. The molecule has 3 aromatic carbocycles. The molecule has 5 rings (SSSR count). The molecule has 6 heteroatoms. The third kappa shape index (κ3) is 2.22. The van der Waals surface area contributed by atoms with Gasteiger partial charge in [0, 0.05) is 15.4 Å². The van der Waals surface area contributed by atoms with Crippen LogP contribution in [0.15, 0.2) is 69.9 Å². The number of hydrogen-bond acceptors (Lipinski definition) is 4. The van der Waals surface area contributed by atoms with Crippen LogP contribution in [0.5, 0.6) is 0 Å². The van der Waals surface area contributed by atoms with Gasteiger partial charge in [0.25, 0.3) is 0 Å². The zero-order valence-electron chi connectivity index (χ0n) is 12.8. The highest BCUT2D eigenvalue weighted by Crippen LogP contribution is 2.35. The molecule has 2 heterocycles. The highest BCUT2D eigenvalue weighted by Gasteiger charge is 2.15. The van der Waals surface area contributed by atoms with Crippen molar-refractivity contribution in [1.29, 1.82) is 0 Å². The molecule has 2 aromatic heterocycles. The number of benzene rings is 3.